The van der Waals surface area contributed by atoms with E-state index in [0.717, 1.165) is 5.56 Å². The van der Waals surface area contributed by atoms with Crippen molar-refractivity contribution in [2.75, 3.05) is 13.2 Å². The molecule has 6 heteroatoms. The normalized spacial score (nSPS) is 16.4. The molecule has 0 spiro atoms. The largest absolute Gasteiger partial charge is 0.394 e. The Morgan fingerprint density at radius 3 is 2.27 bits per heavy atom. The minimum Gasteiger partial charge on any atom is -0.394 e. The lowest BCUT2D eigenvalue weighted by atomic mass is 9.98. The molecule has 0 aromatic heterocycles. The minimum absolute atomic E-state index is 0.0431. The van der Waals surface area contributed by atoms with Gasteiger partial charge in [0.15, 0.2) is 0 Å². The smallest absolute Gasteiger partial charge is 0.113 e. The van der Waals surface area contributed by atoms with Crippen molar-refractivity contribution in [2.24, 2.45) is 0 Å². The Morgan fingerprint density at radius 1 is 1.09 bits per heavy atom. The maximum atomic E-state index is 9.97. The highest BCUT2D eigenvalue weighted by molar-refractivity contribution is 5.14. The zero-order valence-electron chi connectivity index (χ0n) is 12.2. The quantitative estimate of drug-likeness (QED) is 0.388. The second-order valence-corrected chi connectivity index (χ2v) is 4.86. The molecule has 0 bridgehead atoms. The Bertz CT molecular complexity index is 483. The summed E-state index contributed by atoms with van der Waals surface area (Å²) in [4.78, 5) is 0. The fourth-order valence-electron chi connectivity index (χ4n) is 1.82. The van der Waals surface area contributed by atoms with Gasteiger partial charge in [-0.2, -0.15) is 0 Å². The van der Waals surface area contributed by atoms with Gasteiger partial charge in [0, 0.05) is 5.57 Å². The van der Waals surface area contributed by atoms with Gasteiger partial charge in [0.2, 0.25) is 0 Å². The highest BCUT2D eigenvalue weighted by Crippen LogP contribution is 2.13. The van der Waals surface area contributed by atoms with Crippen molar-refractivity contribution in [3.8, 4) is 0 Å². The molecule has 0 radical (unpaired) electrons. The van der Waals surface area contributed by atoms with Crippen LogP contribution in [0.5, 0.6) is 0 Å². The first-order valence-electron chi connectivity index (χ1n) is 6.84. The van der Waals surface area contributed by atoms with Crippen LogP contribution >= 0.6 is 0 Å². The Balaban J connectivity index is 2.54. The van der Waals surface area contributed by atoms with E-state index in [4.69, 9.17) is 9.84 Å². The van der Waals surface area contributed by atoms with Crippen molar-refractivity contribution in [2.45, 2.75) is 31.0 Å². The highest BCUT2D eigenvalue weighted by atomic mass is 16.5. The van der Waals surface area contributed by atoms with E-state index in [1.165, 1.54) is 0 Å². The SMILES string of the molecule is C=C=C(COCc1ccccc1)C(O)[C@@H](O)[C@H](O)[C@H](O)CO. The second-order valence-electron chi connectivity index (χ2n) is 4.86. The van der Waals surface area contributed by atoms with Crippen LogP contribution in [0.15, 0.2) is 48.2 Å². The van der Waals surface area contributed by atoms with Crippen LogP contribution in [0.3, 0.4) is 0 Å². The van der Waals surface area contributed by atoms with E-state index in [9.17, 15) is 20.4 Å². The summed E-state index contributed by atoms with van der Waals surface area (Å²) < 4.78 is 5.41. The molecule has 1 aromatic rings. The minimum atomic E-state index is -1.70. The van der Waals surface area contributed by atoms with Crippen LogP contribution in [0.25, 0.3) is 0 Å². The maximum Gasteiger partial charge on any atom is 0.113 e. The molecule has 5 N–H and O–H groups in total. The third-order valence-corrected chi connectivity index (χ3v) is 3.21. The van der Waals surface area contributed by atoms with Crippen molar-refractivity contribution in [3.05, 3.63) is 53.8 Å². The van der Waals surface area contributed by atoms with E-state index >= 15 is 0 Å². The van der Waals surface area contributed by atoms with Crippen LogP contribution in [-0.2, 0) is 11.3 Å². The highest BCUT2D eigenvalue weighted by Gasteiger charge is 2.31. The van der Waals surface area contributed by atoms with E-state index in [1.807, 2.05) is 30.3 Å². The van der Waals surface area contributed by atoms with E-state index in [0.29, 0.717) is 6.61 Å². The Morgan fingerprint density at radius 2 is 1.73 bits per heavy atom. The maximum absolute atomic E-state index is 9.97. The first kappa shape index (κ1) is 18.5. The van der Waals surface area contributed by atoms with Gasteiger partial charge in [-0.15, -0.1) is 5.73 Å². The van der Waals surface area contributed by atoms with Crippen LogP contribution < -0.4 is 0 Å². The molecular weight excluding hydrogens is 288 g/mol. The van der Waals surface area contributed by atoms with Crippen LogP contribution in [0.2, 0.25) is 0 Å². The number of benzene rings is 1. The Kier molecular flexibility index (Phi) is 8.01. The van der Waals surface area contributed by atoms with Gasteiger partial charge >= 0.3 is 0 Å². The fraction of sp³-hybridized carbons (Fsp3) is 0.438. The third kappa shape index (κ3) is 5.36. The molecule has 122 valence electrons. The zero-order chi connectivity index (χ0) is 16.5. The topological polar surface area (TPSA) is 110 Å². The van der Waals surface area contributed by atoms with Gasteiger partial charge in [0.05, 0.1) is 19.8 Å². The molecule has 1 aromatic carbocycles. The molecule has 0 aliphatic heterocycles. The number of ether oxygens (including phenoxy) is 1. The summed E-state index contributed by atoms with van der Waals surface area (Å²) in [5.74, 6) is 0. The molecule has 1 rings (SSSR count). The molecule has 0 aliphatic rings. The molecule has 0 amide bonds. The lowest BCUT2D eigenvalue weighted by molar-refractivity contribution is -0.108. The molecule has 0 heterocycles. The molecule has 0 fully saturated rings. The van der Waals surface area contributed by atoms with Crippen molar-refractivity contribution >= 4 is 0 Å². The van der Waals surface area contributed by atoms with E-state index in [2.05, 4.69) is 12.3 Å². The molecule has 4 atom stereocenters. The average Bonchev–Trinajstić information content (AvgIpc) is 2.57. The summed E-state index contributed by atoms with van der Waals surface area (Å²) >= 11 is 0. The predicted molar refractivity (Wildman–Crippen MR) is 79.9 cm³/mol. The van der Waals surface area contributed by atoms with Crippen LogP contribution in [-0.4, -0.2) is 63.2 Å². The summed E-state index contributed by atoms with van der Waals surface area (Å²) in [5.41, 5.74) is 3.54. The zero-order valence-corrected chi connectivity index (χ0v) is 12.2. The van der Waals surface area contributed by atoms with E-state index in [1.54, 1.807) is 0 Å². The number of hydrogen-bond donors (Lipinski definition) is 5. The molecular formula is C16H22O6. The van der Waals surface area contributed by atoms with Crippen LogP contribution in [0, 0.1) is 0 Å². The Hall–Kier alpha value is -1.50. The number of aliphatic hydroxyl groups is 5. The summed E-state index contributed by atoms with van der Waals surface area (Å²) in [7, 11) is 0. The van der Waals surface area contributed by atoms with E-state index < -0.39 is 31.0 Å². The second kappa shape index (κ2) is 9.50. The van der Waals surface area contributed by atoms with Gasteiger partial charge in [-0.05, 0) is 5.56 Å². The molecule has 22 heavy (non-hydrogen) atoms. The lowest BCUT2D eigenvalue weighted by Gasteiger charge is -2.26. The summed E-state index contributed by atoms with van der Waals surface area (Å²) in [6, 6.07) is 9.38. The van der Waals surface area contributed by atoms with Crippen molar-refractivity contribution < 1.29 is 30.3 Å². The van der Waals surface area contributed by atoms with Gasteiger partial charge in [-0.1, -0.05) is 36.9 Å². The lowest BCUT2D eigenvalue weighted by Crippen LogP contribution is -2.46. The van der Waals surface area contributed by atoms with Crippen LogP contribution in [0.4, 0.5) is 0 Å². The summed E-state index contributed by atoms with van der Waals surface area (Å²) in [5, 5.41) is 47.4. The number of rotatable bonds is 9. The monoisotopic (exact) mass is 310 g/mol. The fourth-order valence-corrected chi connectivity index (χ4v) is 1.82. The van der Waals surface area contributed by atoms with Crippen molar-refractivity contribution in [3.63, 3.8) is 0 Å². The molecule has 0 saturated heterocycles. The average molecular weight is 310 g/mol. The molecule has 0 saturated carbocycles. The predicted octanol–water partition coefficient (Wildman–Crippen LogP) is -0.650. The van der Waals surface area contributed by atoms with Gasteiger partial charge in [0.1, 0.15) is 24.4 Å². The van der Waals surface area contributed by atoms with Crippen LogP contribution in [0.1, 0.15) is 5.56 Å². The number of aliphatic hydroxyl groups excluding tert-OH is 5. The molecule has 6 nitrogen and oxygen atoms in total. The molecule has 0 aliphatic carbocycles. The van der Waals surface area contributed by atoms with Gasteiger partial charge in [-0.3, -0.25) is 0 Å². The first-order valence-corrected chi connectivity index (χ1v) is 6.84. The van der Waals surface area contributed by atoms with Gasteiger partial charge in [-0.25, -0.2) is 0 Å². The van der Waals surface area contributed by atoms with Gasteiger partial charge < -0.3 is 30.3 Å². The number of hydrogen-bond acceptors (Lipinski definition) is 6. The van der Waals surface area contributed by atoms with Gasteiger partial charge in [0.25, 0.3) is 0 Å². The summed E-state index contributed by atoms with van der Waals surface area (Å²) in [6.45, 7) is 2.93. The van der Waals surface area contributed by atoms with E-state index in [-0.39, 0.29) is 12.2 Å². The van der Waals surface area contributed by atoms with Crippen molar-refractivity contribution in [1.29, 1.82) is 0 Å². The first-order chi connectivity index (χ1) is 10.5. The van der Waals surface area contributed by atoms with Crippen molar-refractivity contribution in [1.82, 2.24) is 0 Å². The Labute approximate surface area is 129 Å². The third-order valence-electron chi connectivity index (χ3n) is 3.21. The standard InChI is InChI=1S/C16H22O6/c1-2-12(10-22-9-11-6-4-3-5-7-11)14(19)16(21)15(20)13(18)8-17/h3-7,13-21H,1,8-10H2/t13-,14?,15-,16-/m1/s1. The summed E-state index contributed by atoms with van der Waals surface area (Å²) in [6.07, 6.45) is -6.45. The molecule has 1 unspecified atom stereocenters.